The van der Waals surface area contributed by atoms with Crippen molar-refractivity contribution in [3.63, 3.8) is 0 Å². The zero-order valence-electron chi connectivity index (χ0n) is 15.2. The molecule has 1 amide bonds. The number of alkyl halides is 3. The number of carbonyl (C=O) groups excluding carboxylic acids is 1. The number of rotatable bonds is 6. The van der Waals surface area contributed by atoms with E-state index in [1.165, 1.54) is 0 Å². The first-order chi connectivity index (χ1) is 13.6. The van der Waals surface area contributed by atoms with Crippen molar-refractivity contribution < 1.29 is 22.7 Å². The zero-order valence-corrected chi connectivity index (χ0v) is 18.4. The molecule has 0 radical (unpaired) electrons. The molecule has 0 saturated heterocycles. The summed E-state index contributed by atoms with van der Waals surface area (Å²) < 4.78 is 44.7. The number of hydrogen-bond acceptors (Lipinski definition) is 3. The molecule has 10 heteroatoms. The molecule has 0 aromatic heterocycles. The Morgan fingerprint density at radius 2 is 1.97 bits per heavy atom. The van der Waals surface area contributed by atoms with Crippen LogP contribution in [0.2, 0.25) is 5.02 Å². The summed E-state index contributed by atoms with van der Waals surface area (Å²) in [5.41, 5.74) is -0.659. The third-order valence-corrected chi connectivity index (χ3v) is 4.87. The molecule has 156 valence electrons. The van der Waals surface area contributed by atoms with Crippen molar-refractivity contribution in [2.45, 2.75) is 25.9 Å². The first kappa shape index (κ1) is 23.4. The Balaban J connectivity index is 2.04. The zero-order chi connectivity index (χ0) is 21.6. The lowest BCUT2D eigenvalue weighted by Gasteiger charge is -2.14. The van der Waals surface area contributed by atoms with Crippen molar-refractivity contribution in [2.24, 2.45) is 0 Å². The van der Waals surface area contributed by atoms with Gasteiger partial charge in [-0.2, -0.15) is 13.2 Å². The molecular weight excluding hydrogens is 493 g/mol. The van der Waals surface area contributed by atoms with Gasteiger partial charge in [-0.1, -0.05) is 24.9 Å². The van der Waals surface area contributed by atoms with Crippen molar-refractivity contribution in [1.29, 1.82) is 0 Å². The summed E-state index contributed by atoms with van der Waals surface area (Å²) in [4.78, 5) is 12.4. The van der Waals surface area contributed by atoms with Crippen LogP contribution in [0.15, 0.2) is 40.9 Å². The molecule has 0 spiro atoms. The van der Waals surface area contributed by atoms with E-state index in [1.54, 1.807) is 18.2 Å². The van der Waals surface area contributed by atoms with Crippen LogP contribution in [-0.2, 0) is 6.18 Å². The van der Waals surface area contributed by atoms with Gasteiger partial charge in [0.1, 0.15) is 5.75 Å². The summed E-state index contributed by atoms with van der Waals surface area (Å²) in [5.74, 6) is 0.0675. The molecule has 2 aromatic carbocycles. The lowest BCUT2D eigenvalue weighted by atomic mass is 10.2. The Morgan fingerprint density at radius 1 is 1.24 bits per heavy atom. The normalized spacial score (nSPS) is 11.1. The third kappa shape index (κ3) is 6.87. The van der Waals surface area contributed by atoms with Gasteiger partial charge < -0.3 is 10.1 Å². The molecule has 2 N–H and O–H groups in total. The fraction of sp³-hybridized carbons (Fsp3) is 0.263. The number of thiocarbonyl (C=S) groups is 1. The van der Waals surface area contributed by atoms with Crippen LogP contribution in [0.5, 0.6) is 5.75 Å². The van der Waals surface area contributed by atoms with Gasteiger partial charge >= 0.3 is 6.18 Å². The number of benzene rings is 2. The number of unbranched alkanes of at least 4 members (excludes halogenated alkanes) is 1. The van der Waals surface area contributed by atoms with E-state index in [9.17, 15) is 18.0 Å². The molecule has 29 heavy (non-hydrogen) atoms. The highest BCUT2D eigenvalue weighted by Crippen LogP contribution is 2.33. The molecular formula is C19H17BrClF3N2O2S. The molecule has 0 bridgehead atoms. The van der Waals surface area contributed by atoms with E-state index in [0.717, 1.165) is 31.0 Å². The van der Waals surface area contributed by atoms with Crippen LogP contribution in [0, 0.1) is 0 Å². The van der Waals surface area contributed by atoms with E-state index >= 15 is 0 Å². The van der Waals surface area contributed by atoms with Gasteiger partial charge in [0.2, 0.25) is 0 Å². The van der Waals surface area contributed by atoms with Crippen molar-refractivity contribution in [3.8, 4) is 5.75 Å². The SMILES string of the molecule is CCCCOc1ccc(C(=O)NC(=S)Nc2cc(C(F)(F)F)ccc2Cl)cc1Br. The minimum Gasteiger partial charge on any atom is -0.492 e. The average molecular weight is 510 g/mol. The number of halogens is 5. The molecule has 2 rings (SSSR count). The Hall–Kier alpha value is -1.84. The highest BCUT2D eigenvalue weighted by molar-refractivity contribution is 9.10. The largest absolute Gasteiger partial charge is 0.492 e. The van der Waals surface area contributed by atoms with Crippen molar-refractivity contribution in [1.82, 2.24) is 5.32 Å². The van der Waals surface area contributed by atoms with Gasteiger partial charge in [0.05, 0.1) is 27.4 Å². The summed E-state index contributed by atoms with van der Waals surface area (Å²) in [6, 6.07) is 7.55. The predicted octanol–water partition coefficient (Wildman–Crippen LogP) is 6.43. The number of carbonyl (C=O) groups is 1. The second kappa shape index (κ2) is 10.3. The maximum Gasteiger partial charge on any atom is 0.416 e. The first-order valence-corrected chi connectivity index (χ1v) is 10.1. The second-order valence-electron chi connectivity index (χ2n) is 5.95. The lowest BCUT2D eigenvalue weighted by molar-refractivity contribution is -0.137. The molecule has 0 fully saturated rings. The predicted molar refractivity (Wildman–Crippen MR) is 115 cm³/mol. The number of amides is 1. The van der Waals surface area contributed by atoms with Crippen LogP contribution in [0.25, 0.3) is 0 Å². The summed E-state index contributed by atoms with van der Waals surface area (Å²) >= 11 is 14.3. The maximum atomic E-state index is 12.8. The molecule has 2 aromatic rings. The van der Waals surface area contributed by atoms with Gasteiger partial charge in [0.15, 0.2) is 5.11 Å². The van der Waals surface area contributed by atoms with Gasteiger partial charge in [-0.05, 0) is 71.0 Å². The summed E-state index contributed by atoms with van der Waals surface area (Å²) in [7, 11) is 0. The van der Waals surface area contributed by atoms with Gasteiger partial charge in [-0.15, -0.1) is 0 Å². The van der Waals surface area contributed by atoms with Gasteiger partial charge in [0.25, 0.3) is 5.91 Å². The topological polar surface area (TPSA) is 50.4 Å². The van der Waals surface area contributed by atoms with Gasteiger partial charge in [-0.3, -0.25) is 10.1 Å². The standard InChI is InChI=1S/C19H17BrClF3N2O2S/c1-2-3-8-28-16-7-4-11(9-13(16)20)17(27)26-18(29)25-15-10-12(19(22,23)24)5-6-14(15)21/h4-7,9-10H,2-3,8H2,1H3,(H2,25,26,27,29). The molecule has 0 aliphatic carbocycles. The highest BCUT2D eigenvalue weighted by atomic mass is 79.9. The maximum absolute atomic E-state index is 12.8. The molecule has 0 aliphatic heterocycles. The van der Waals surface area contributed by atoms with E-state index in [2.05, 4.69) is 33.5 Å². The number of nitrogens with one attached hydrogen (secondary N) is 2. The number of hydrogen-bond donors (Lipinski definition) is 2. The molecule has 0 aliphatic rings. The van der Waals surface area contributed by atoms with E-state index in [4.69, 9.17) is 28.6 Å². The molecule has 4 nitrogen and oxygen atoms in total. The molecule has 0 saturated carbocycles. The van der Waals surface area contributed by atoms with Crippen LogP contribution in [0.4, 0.5) is 18.9 Å². The van der Waals surface area contributed by atoms with Crippen molar-refractivity contribution >= 4 is 56.5 Å². The Morgan fingerprint density at radius 3 is 2.59 bits per heavy atom. The number of anilines is 1. The minimum absolute atomic E-state index is 0.0333. The quantitative estimate of drug-likeness (QED) is 0.348. The van der Waals surface area contributed by atoms with Crippen LogP contribution in [-0.4, -0.2) is 17.6 Å². The van der Waals surface area contributed by atoms with Crippen molar-refractivity contribution in [2.75, 3.05) is 11.9 Å². The smallest absolute Gasteiger partial charge is 0.416 e. The van der Waals surface area contributed by atoms with E-state index < -0.39 is 17.6 Å². The summed E-state index contributed by atoms with van der Waals surface area (Å²) in [6.07, 6.45) is -2.62. The van der Waals surface area contributed by atoms with Gasteiger partial charge in [-0.25, -0.2) is 0 Å². The molecule has 0 heterocycles. The number of ether oxygens (including phenoxy) is 1. The average Bonchev–Trinajstić information content (AvgIpc) is 2.64. The third-order valence-electron chi connectivity index (χ3n) is 3.72. The molecule has 0 atom stereocenters. The van der Waals surface area contributed by atoms with E-state index in [0.29, 0.717) is 22.4 Å². The van der Waals surface area contributed by atoms with Gasteiger partial charge in [0, 0.05) is 5.56 Å². The summed E-state index contributed by atoms with van der Waals surface area (Å²) in [5, 5.41) is 4.77. The fourth-order valence-corrected chi connectivity index (χ4v) is 3.07. The molecule has 0 unspecified atom stereocenters. The minimum atomic E-state index is -4.53. The Labute approximate surface area is 184 Å². The van der Waals surface area contributed by atoms with Crippen LogP contribution < -0.4 is 15.4 Å². The van der Waals surface area contributed by atoms with Crippen LogP contribution in [0.1, 0.15) is 35.7 Å². The first-order valence-electron chi connectivity index (χ1n) is 8.53. The fourth-order valence-electron chi connectivity index (χ4n) is 2.21. The Bertz CT molecular complexity index is 910. The lowest BCUT2D eigenvalue weighted by Crippen LogP contribution is -2.34. The monoisotopic (exact) mass is 508 g/mol. The van der Waals surface area contributed by atoms with Crippen LogP contribution >= 0.6 is 39.7 Å². The van der Waals surface area contributed by atoms with Crippen LogP contribution in [0.3, 0.4) is 0 Å². The summed E-state index contributed by atoms with van der Waals surface area (Å²) in [6.45, 7) is 2.61. The second-order valence-corrected chi connectivity index (χ2v) is 7.62. The van der Waals surface area contributed by atoms with Crippen molar-refractivity contribution in [3.05, 3.63) is 57.0 Å². The van der Waals surface area contributed by atoms with E-state index in [1.807, 2.05) is 0 Å². The van der Waals surface area contributed by atoms with E-state index in [-0.39, 0.29) is 15.8 Å². The Kier molecular flexibility index (Phi) is 8.30. The highest BCUT2D eigenvalue weighted by Gasteiger charge is 2.31.